The second-order valence-corrected chi connectivity index (χ2v) is 4.63. The summed E-state index contributed by atoms with van der Waals surface area (Å²) in [4.78, 5) is 7.76. The van der Waals surface area contributed by atoms with Gasteiger partial charge in [-0.1, -0.05) is 29.8 Å². The van der Waals surface area contributed by atoms with Crippen LogP contribution in [-0.4, -0.2) is 18.5 Å². The number of nitrogens with two attached hydrogens (primary N) is 3. The third-order valence-electron chi connectivity index (χ3n) is 2.92. The SMILES string of the molecule is NC(N)=NC(N)=NCCC1=CCc2c(Cl)cccc21. The third kappa shape index (κ3) is 3.26. The Hall–Kier alpha value is -2.01. The molecule has 0 fully saturated rings. The van der Waals surface area contributed by atoms with Gasteiger partial charge in [0.15, 0.2) is 5.96 Å². The number of guanidine groups is 2. The molecule has 0 aromatic heterocycles. The van der Waals surface area contributed by atoms with Gasteiger partial charge in [0.25, 0.3) is 0 Å². The highest BCUT2D eigenvalue weighted by atomic mass is 35.5. The van der Waals surface area contributed by atoms with E-state index >= 15 is 0 Å². The Morgan fingerprint density at radius 1 is 1.26 bits per heavy atom. The van der Waals surface area contributed by atoms with Crippen molar-refractivity contribution in [2.45, 2.75) is 12.8 Å². The second-order valence-electron chi connectivity index (χ2n) is 4.23. The molecule has 1 aliphatic carbocycles. The molecule has 0 aliphatic heterocycles. The van der Waals surface area contributed by atoms with Crippen LogP contribution in [0.4, 0.5) is 0 Å². The predicted molar refractivity (Wildman–Crippen MR) is 80.0 cm³/mol. The Morgan fingerprint density at radius 2 is 2.05 bits per heavy atom. The number of rotatable bonds is 3. The van der Waals surface area contributed by atoms with Crippen molar-refractivity contribution in [2.24, 2.45) is 27.2 Å². The predicted octanol–water partition coefficient (Wildman–Crippen LogP) is 1.26. The zero-order valence-corrected chi connectivity index (χ0v) is 11.2. The number of benzene rings is 1. The normalized spacial score (nSPS) is 13.9. The first kappa shape index (κ1) is 13.4. The van der Waals surface area contributed by atoms with E-state index in [4.69, 9.17) is 28.8 Å². The van der Waals surface area contributed by atoms with Crippen LogP contribution in [0.15, 0.2) is 34.3 Å². The lowest BCUT2D eigenvalue weighted by Crippen LogP contribution is -2.26. The lowest BCUT2D eigenvalue weighted by molar-refractivity contribution is 1.01. The summed E-state index contributed by atoms with van der Waals surface area (Å²) in [7, 11) is 0. The van der Waals surface area contributed by atoms with Crippen molar-refractivity contribution in [2.75, 3.05) is 6.54 Å². The molecular weight excluding hydrogens is 262 g/mol. The fourth-order valence-corrected chi connectivity index (χ4v) is 2.35. The van der Waals surface area contributed by atoms with Gasteiger partial charge in [-0.2, -0.15) is 4.99 Å². The number of aliphatic imine (C=N–C) groups is 2. The maximum absolute atomic E-state index is 6.15. The molecule has 0 heterocycles. The zero-order valence-electron chi connectivity index (χ0n) is 10.4. The van der Waals surface area contributed by atoms with E-state index in [0.29, 0.717) is 6.54 Å². The second kappa shape index (κ2) is 5.75. The molecule has 1 aromatic rings. The fraction of sp³-hybridized carbons (Fsp3) is 0.231. The van der Waals surface area contributed by atoms with Crippen LogP contribution in [0.25, 0.3) is 5.57 Å². The first-order valence-corrected chi connectivity index (χ1v) is 6.32. The molecule has 0 radical (unpaired) electrons. The lowest BCUT2D eigenvalue weighted by Gasteiger charge is -2.05. The summed E-state index contributed by atoms with van der Waals surface area (Å²) >= 11 is 6.15. The lowest BCUT2D eigenvalue weighted by atomic mass is 10.0. The van der Waals surface area contributed by atoms with E-state index in [1.165, 1.54) is 16.7 Å². The van der Waals surface area contributed by atoms with Crippen LogP contribution < -0.4 is 17.2 Å². The Balaban J connectivity index is 2.01. The highest BCUT2D eigenvalue weighted by Gasteiger charge is 2.15. The van der Waals surface area contributed by atoms with Crippen LogP contribution in [-0.2, 0) is 6.42 Å². The Kier molecular flexibility index (Phi) is 4.06. The zero-order chi connectivity index (χ0) is 13.8. The van der Waals surface area contributed by atoms with E-state index in [0.717, 1.165) is 17.9 Å². The fourth-order valence-electron chi connectivity index (χ4n) is 2.10. The number of nitrogens with zero attached hydrogens (tertiary/aromatic N) is 2. The number of halogens is 1. The molecular formula is C13H16ClN5. The first-order chi connectivity index (χ1) is 9.08. The molecule has 0 atom stereocenters. The van der Waals surface area contributed by atoms with Crippen LogP contribution in [0.5, 0.6) is 0 Å². The summed E-state index contributed by atoms with van der Waals surface area (Å²) < 4.78 is 0. The van der Waals surface area contributed by atoms with E-state index < -0.39 is 0 Å². The molecule has 0 saturated heterocycles. The minimum Gasteiger partial charge on any atom is -0.370 e. The van der Waals surface area contributed by atoms with Gasteiger partial charge in [-0.25, -0.2) is 0 Å². The summed E-state index contributed by atoms with van der Waals surface area (Å²) in [6.45, 7) is 0.542. The van der Waals surface area contributed by atoms with Crippen LogP contribution >= 0.6 is 11.6 Å². The maximum atomic E-state index is 6.15. The summed E-state index contributed by atoms with van der Waals surface area (Å²) in [6.07, 6.45) is 3.83. The van der Waals surface area contributed by atoms with Crippen molar-refractivity contribution >= 4 is 29.1 Å². The highest BCUT2D eigenvalue weighted by molar-refractivity contribution is 6.31. The van der Waals surface area contributed by atoms with E-state index in [2.05, 4.69) is 22.1 Å². The number of hydrogen-bond acceptors (Lipinski definition) is 1. The Morgan fingerprint density at radius 3 is 2.79 bits per heavy atom. The van der Waals surface area contributed by atoms with E-state index in [1.807, 2.05) is 12.1 Å². The van der Waals surface area contributed by atoms with E-state index in [-0.39, 0.29) is 11.9 Å². The molecule has 0 saturated carbocycles. The van der Waals surface area contributed by atoms with Crippen molar-refractivity contribution in [3.05, 3.63) is 40.4 Å². The molecule has 100 valence electrons. The molecule has 0 spiro atoms. The van der Waals surface area contributed by atoms with Gasteiger partial charge >= 0.3 is 0 Å². The summed E-state index contributed by atoms with van der Waals surface area (Å²) in [5, 5.41) is 0.812. The minimum atomic E-state index is -0.0848. The smallest absolute Gasteiger partial charge is 0.218 e. The van der Waals surface area contributed by atoms with Crippen molar-refractivity contribution in [1.29, 1.82) is 0 Å². The van der Waals surface area contributed by atoms with Crippen LogP contribution in [0.2, 0.25) is 5.02 Å². The molecule has 2 rings (SSSR count). The van der Waals surface area contributed by atoms with Gasteiger partial charge < -0.3 is 17.2 Å². The topological polar surface area (TPSA) is 103 Å². The summed E-state index contributed by atoms with van der Waals surface area (Å²) in [5.74, 6) is 0.0170. The number of allylic oxidation sites excluding steroid dienone is 1. The van der Waals surface area contributed by atoms with Crippen molar-refractivity contribution in [1.82, 2.24) is 0 Å². The van der Waals surface area contributed by atoms with Gasteiger partial charge in [0.2, 0.25) is 5.96 Å². The van der Waals surface area contributed by atoms with Gasteiger partial charge in [-0.05, 0) is 35.6 Å². The molecule has 5 nitrogen and oxygen atoms in total. The molecule has 19 heavy (non-hydrogen) atoms. The number of hydrogen-bond donors (Lipinski definition) is 3. The minimum absolute atomic E-state index is 0.0848. The Bertz CT molecular complexity index is 570. The molecule has 6 heteroatoms. The number of fused-ring (bicyclic) bond motifs is 1. The average Bonchev–Trinajstić information content (AvgIpc) is 2.73. The van der Waals surface area contributed by atoms with Crippen LogP contribution in [0, 0.1) is 0 Å². The first-order valence-electron chi connectivity index (χ1n) is 5.94. The molecule has 6 N–H and O–H groups in total. The third-order valence-corrected chi connectivity index (χ3v) is 3.27. The largest absolute Gasteiger partial charge is 0.370 e. The average molecular weight is 278 g/mol. The van der Waals surface area contributed by atoms with E-state index in [1.54, 1.807) is 0 Å². The van der Waals surface area contributed by atoms with Crippen molar-refractivity contribution in [3.8, 4) is 0 Å². The maximum Gasteiger partial charge on any atom is 0.218 e. The summed E-state index contributed by atoms with van der Waals surface area (Å²) in [5.41, 5.74) is 19.6. The molecule has 0 amide bonds. The van der Waals surface area contributed by atoms with Gasteiger partial charge in [-0.3, -0.25) is 4.99 Å². The molecule has 1 aromatic carbocycles. The monoisotopic (exact) mass is 277 g/mol. The van der Waals surface area contributed by atoms with Gasteiger partial charge in [-0.15, -0.1) is 0 Å². The highest BCUT2D eigenvalue weighted by Crippen LogP contribution is 2.33. The standard InChI is InChI=1S/C13H16ClN5/c14-11-3-1-2-9-8(4-5-10(9)11)6-7-18-13(17)19-12(15)16/h1-4H,5-7H2,(H6,15,16,17,18,19). The Labute approximate surface area is 116 Å². The van der Waals surface area contributed by atoms with Crippen molar-refractivity contribution in [3.63, 3.8) is 0 Å². The molecule has 0 unspecified atom stereocenters. The van der Waals surface area contributed by atoms with Gasteiger partial charge in [0.05, 0.1) is 0 Å². The van der Waals surface area contributed by atoms with Crippen LogP contribution in [0.1, 0.15) is 17.5 Å². The molecule has 1 aliphatic rings. The van der Waals surface area contributed by atoms with Crippen LogP contribution in [0.3, 0.4) is 0 Å². The van der Waals surface area contributed by atoms with Gasteiger partial charge in [0.1, 0.15) is 0 Å². The quantitative estimate of drug-likeness (QED) is 0.572. The summed E-state index contributed by atoms with van der Waals surface area (Å²) in [6, 6.07) is 5.94. The van der Waals surface area contributed by atoms with E-state index in [9.17, 15) is 0 Å². The molecule has 0 bridgehead atoms. The van der Waals surface area contributed by atoms with Crippen molar-refractivity contribution < 1.29 is 0 Å². The van der Waals surface area contributed by atoms with Gasteiger partial charge in [0, 0.05) is 11.6 Å².